The first-order chi connectivity index (χ1) is 14.9. The number of sulfonamides is 1. The zero-order chi connectivity index (χ0) is 21.8. The van der Waals surface area contributed by atoms with Crippen LogP contribution < -0.4 is 0 Å². The highest BCUT2D eigenvalue weighted by Gasteiger charge is 2.26. The first-order valence-electron chi connectivity index (χ1n) is 10.6. The van der Waals surface area contributed by atoms with Crippen LogP contribution in [0.25, 0.3) is 10.8 Å². The number of benzene rings is 3. The van der Waals surface area contributed by atoms with Gasteiger partial charge in [0.25, 0.3) is 0 Å². The van der Waals surface area contributed by atoms with Crippen molar-refractivity contribution in [2.75, 3.05) is 6.54 Å². The lowest BCUT2D eigenvalue weighted by Crippen LogP contribution is -2.34. The minimum Gasteiger partial charge on any atom is -0.346 e. The Balaban J connectivity index is 1.65. The average Bonchev–Trinajstić information content (AvgIpc) is 3.20. The number of rotatable bonds is 8. The van der Waals surface area contributed by atoms with Gasteiger partial charge in [0.2, 0.25) is 10.0 Å². The number of hydrogen-bond acceptors (Lipinski definition) is 2. The predicted molar refractivity (Wildman–Crippen MR) is 126 cm³/mol. The van der Waals surface area contributed by atoms with E-state index in [9.17, 15) is 8.42 Å². The molecule has 1 heterocycles. The molecule has 4 nitrogen and oxygen atoms in total. The molecule has 5 heteroatoms. The Kier molecular flexibility index (Phi) is 6.25. The maximum Gasteiger partial charge on any atom is 0.243 e. The third-order valence-corrected chi connectivity index (χ3v) is 7.19. The van der Waals surface area contributed by atoms with Crippen LogP contribution in [0.1, 0.15) is 25.1 Å². The molecule has 3 aromatic carbocycles. The van der Waals surface area contributed by atoms with Gasteiger partial charge in [0.05, 0.1) is 11.4 Å². The fraction of sp³-hybridized carbons (Fsp3) is 0.231. The molecule has 0 fully saturated rings. The molecule has 160 valence electrons. The Morgan fingerprint density at radius 2 is 1.55 bits per heavy atom. The Morgan fingerprint density at radius 3 is 2.29 bits per heavy atom. The van der Waals surface area contributed by atoms with Crippen LogP contribution in [0.4, 0.5) is 0 Å². The van der Waals surface area contributed by atoms with Crippen LogP contribution in [-0.2, 0) is 23.1 Å². The summed E-state index contributed by atoms with van der Waals surface area (Å²) < 4.78 is 31.0. The Morgan fingerprint density at radius 1 is 0.839 bits per heavy atom. The maximum atomic E-state index is 13.6. The standard InChI is InChI=1S/C26H28N2O2S/c1-21(2)18-28(20-25-13-8-16-27(25)19-22-9-4-3-5-10-22)31(29,30)26-15-14-23-11-6-7-12-24(23)17-26/h3-17,21H,18-20H2,1-2H3. The molecule has 4 aromatic rings. The quantitative estimate of drug-likeness (QED) is 0.367. The SMILES string of the molecule is CC(C)CN(Cc1cccn1Cc1ccccc1)S(=O)(=O)c1ccc2ccccc2c1. The van der Waals surface area contributed by atoms with Crippen molar-refractivity contribution in [1.82, 2.24) is 8.87 Å². The van der Waals surface area contributed by atoms with Gasteiger partial charge in [-0.05, 0) is 46.5 Å². The van der Waals surface area contributed by atoms with Crippen molar-refractivity contribution in [3.8, 4) is 0 Å². The van der Waals surface area contributed by atoms with Gasteiger partial charge in [-0.1, -0.05) is 74.5 Å². The minimum absolute atomic E-state index is 0.216. The van der Waals surface area contributed by atoms with Gasteiger partial charge >= 0.3 is 0 Å². The van der Waals surface area contributed by atoms with Gasteiger partial charge in [0, 0.05) is 25.0 Å². The minimum atomic E-state index is -3.63. The van der Waals surface area contributed by atoms with E-state index in [4.69, 9.17) is 0 Å². The van der Waals surface area contributed by atoms with Crippen molar-refractivity contribution >= 4 is 20.8 Å². The molecule has 31 heavy (non-hydrogen) atoms. The van der Waals surface area contributed by atoms with Crippen LogP contribution in [0.3, 0.4) is 0 Å². The van der Waals surface area contributed by atoms with Gasteiger partial charge in [-0.3, -0.25) is 0 Å². The van der Waals surface area contributed by atoms with Crippen molar-refractivity contribution in [3.05, 3.63) is 102 Å². The van der Waals surface area contributed by atoms with E-state index in [0.717, 1.165) is 16.5 Å². The van der Waals surface area contributed by atoms with Gasteiger partial charge in [0.1, 0.15) is 0 Å². The molecule has 0 radical (unpaired) electrons. The largest absolute Gasteiger partial charge is 0.346 e. The molecule has 0 N–H and O–H groups in total. The second kappa shape index (κ2) is 9.08. The van der Waals surface area contributed by atoms with Crippen molar-refractivity contribution in [2.45, 2.75) is 31.8 Å². The lowest BCUT2D eigenvalue weighted by atomic mass is 10.1. The van der Waals surface area contributed by atoms with Crippen molar-refractivity contribution < 1.29 is 8.42 Å². The van der Waals surface area contributed by atoms with Crippen molar-refractivity contribution in [3.63, 3.8) is 0 Å². The molecule has 0 saturated heterocycles. The molecular formula is C26H28N2O2S. The third-order valence-electron chi connectivity index (χ3n) is 5.39. The molecule has 0 aliphatic heterocycles. The van der Waals surface area contributed by atoms with Gasteiger partial charge < -0.3 is 4.57 Å². The summed E-state index contributed by atoms with van der Waals surface area (Å²) in [4.78, 5) is 0.341. The van der Waals surface area contributed by atoms with Crippen molar-refractivity contribution in [2.24, 2.45) is 5.92 Å². The number of hydrogen-bond donors (Lipinski definition) is 0. The van der Waals surface area contributed by atoms with E-state index in [1.54, 1.807) is 16.4 Å². The summed E-state index contributed by atoms with van der Waals surface area (Å²) in [7, 11) is -3.63. The van der Waals surface area contributed by atoms with E-state index in [-0.39, 0.29) is 5.92 Å². The molecule has 1 aromatic heterocycles. The Bertz CT molecular complexity index is 1260. The molecule has 0 amide bonds. The maximum absolute atomic E-state index is 13.6. The van der Waals surface area contributed by atoms with Crippen LogP contribution in [-0.4, -0.2) is 23.8 Å². The summed E-state index contributed by atoms with van der Waals surface area (Å²) in [6.07, 6.45) is 2.01. The molecule has 0 aliphatic rings. The van der Waals surface area contributed by atoms with E-state index >= 15 is 0 Å². The zero-order valence-electron chi connectivity index (χ0n) is 18.0. The molecular weight excluding hydrogens is 404 g/mol. The Labute approximate surface area is 184 Å². The smallest absolute Gasteiger partial charge is 0.243 e. The van der Waals surface area contributed by atoms with E-state index in [2.05, 4.69) is 16.7 Å². The average molecular weight is 433 g/mol. The van der Waals surface area contributed by atoms with Gasteiger partial charge in [-0.15, -0.1) is 0 Å². The molecule has 4 rings (SSSR count). The van der Waals surface area contributed by atoms with E-state index in [0.29, 0.717) is 24.5 Å². The lowest BCUT2D eigenvalue weighted by Gasteiger charge is -2.25. The summed E-state index contributed by atoms with van der Waals surface area (Å²) in [6.45, 7) is 5.62. The van der Waals surface area contributed by atoms with E-state index in [1.165, 1.54) is 5.56 Å². The second-order valence-corrected chi connectivity index (χ2v) is 10.3. The van der Waals surface area contributed by atoms with Gasteiger partial charge in [-0.2, -0.15) is 4.31 Å². The molecule has 0 spiro atoms. The summed E-state index contributed by atoms with van der Waals surface area (Å²) in [5.41, 5.74) is 2.17. The third kappa shape index (κ3) is 4.89. The summed E-state index contributed by atoms with van der Waals surface area (Å²) in [5.74, 6) is 0.216. The predicted octanol–water partition coefficient (Wildman–Crippen LogP) is 5.54. The number of aromatic nitrogens is 1. The highest BCUT2D eigenvalue weighted by Crippen LogP contribution is 2.24. The van der Waals surface area contributed by atoms with Crippen LogP contribution in [0.2, 0.25) is 0 Å². The topological polar surface area (TPSA) is 42.3 Å². The van der Waals surface area contributed by atoms with Crippen LogP contribution in [0, 0.1) is 5.92 Å². The van der Waals surface area contributed by atoms with Crippen LogP contribution in [0.5, 0.6) is 0 Å². The fourth-order valence-corrected chi connectivity index (χ4v) is 5.45. The van der Waals surface area contributed by atoms with Crippen molar-refractivity contribution in [1.29, 1.82) is 0 Å². The van der Waals surface area contributed by atoms with Crippen LogP contribution >= 0.6 is 0 Å². The first kappa shape index (κ1) is 21.3. The summed E-state index contributed by atoms with van der Waals surface area (Å²) >= 11 is 0. The highest BCUT2D eigenvalue weighted by atomic mass is 32.2. The van der Waals surface area contributed by atoms with E-state index < -0.39 is 10.0 Å². The normalized spacial score (nSPS) is 12.1. The summed E-state index contributed by atoms with van der Waals surface area (Å²) in [6, 6.07) is 27.4. The molecule has 0 saturated carbocycles. The van der Waals surface area contributed by atoms with Crippen LogP contribution in [0.15, 0.2) is 96.0 Å². The fourth-order valence-electron chi connectivity index (χ4n) is 3.84. The lowest BCUT2D eigenvalue weighted by molar-refractivity contribution is 0.355. The number of fused-ring (bicyclic) bond motifs is 1. The monoisotopic (exact) mass is 432 g/mol. The summed E-state index contributed by atoms with van der Waals surface area (Å²) in [5, 5.41) is 1.97. The zero-order valence-corrected chi connectivity index (χ0v) is 18.8. The highest BCUT2D eigenvalue weighted by molar-refractivity contribution is 7.89. The van der Waals surface area contributed by atoms with Gasteiger partial charge in [0.15, 0.2) is 0 Å². The molecule has 0 bridgehead atoms. The molecule has 0 aliphatic carbocycles. The van der Waals surface area contributed by atoms with E-state index in [1.807, 2.05) is 80.7 Å². The molecule has 0 unspecified atom stereocenters. The number of nitrogens with zero attached hydrogens (tertiary/aromatic N) is 2. The first-order valence-corrected chi connectivity index (χ1v) is 12.0. The molecule has 0 atom stereocenters. The van der Waals surface area contributed by atoms with Gasteiger partial charge in [-0.25, -0.2) is 8.42 Å². The Hall–Kier alpha value is -2.89. The second-order valence-electron chi connectivity index (χ2n) is 8.31.